The molecule has 2 aromatic rings. The first-order valence-corrected chi connectivity index (χ1v) is 8.80. The molecule has 1 aliphatic heterocycles. The Morgan fingerprint density at radius 1 is 1.32 bits per heavy atom. The first-order valence-electron chi connectivity index (χ1n) is 8.80. The SMILES string of the molecule is Cc1cnccc1CCNC(=O)N1CCO[C@@H](Cc2ccccc2)C1. The Balaban J connectivity index is 1.46. The second-order valence-corrected chi connectivity index (χ2v) is 6.41. The zero-order valence-corrected chi connectivity index (χ0v) is 14.6. The molecule has 0 aliphatic carbocycles. The summed E-state index contributed by atoms with van der Waals surface area (Å²) in [7, 11) is 0. The molecule has 0 saturated carbocycles. The number of aryl methyl sites for hydroxylation is 1. The Labute approximate surface area is 149 Å². The number of ether oxygens (including phenoxy) is 1. The lowest BCUT2D eigenvalue weighted by Crippen LogP contribution is -2.50. The van der Waals surface area contributed by atoms with Crippen LogP contribution in [0.15, 0.2) is 48.8 Å². The van der Waals surface area contributed by atoms with Gasteiger partial charge in [0.05, 0.1) is 12.7 Å². The van der Waals surface area contributed by atoms with Crippen LogP contribution in [0.4, 0.5) is 4.79 Å². The summed E-state index contributed by atoms with van der Waals surface area (Å²) in [6.45, 7) is 4.54. The zero-order chi connectivity index (χ0) is 17.5. The Hall–Kier alpha value is -2.40. The molecule has 1 aliphatic rings. The number of nitrogens with zero attached hydrogens (tertiary/aromatic N) is 2. The van der Waals surface area contributed by atoms with Gasteiger partial charge in [0.2, 0.25) is 0 Å². The predicted molar refractivity (Wildman–Crippen MR) is 97.5 cm³/mol. The van der Waals surface area contributed by atoms with E-state index in [4.69, 9.17) is 4.74 Å². The number of nitrogens with one attached hydrogen (secondary N) is 1. The van der Waals surface area contributed by atoms with E-state index in [1.165, 1.54) is 11.1 Å². The third kappa shape index (κ3) is 5.03. The fraction of sp³-hybridized carbons (Fsp3) is 0.400. The van der Waals surface area contributed by atoms with Crippen LogP contribution in [0.1, 0.15) is 16.7 Å². The molecule has 0 spiro atoms. The van der Waals surface area contributed by atoms with E-state index in [1.54, 1.807) is 6.20 Å². The number of pyridine rings is 1. The van der Waals surface area contributed by atoms with Crippen molar-refractivity contribution in [1.29, 1.82) is 0 Å². The molecule has 25 heavy (non-hydrogen) atoms. The molecule has 0 unspecified atom stereocenters. The summed E-state index contributed by atoms with van der Waals surface area (Å²) in [6.07, 6.45) is 5.36. The number of hydrogen-bond donors (Lipinski definition) is 1. The van der Waals surface area contributed by atoms with Crippen molar-refractivity contribution in [3.8, 4) is 0 Å². The van der Waals surface area contributed by atoms with Crippen LogP contribution in [-0.4, -0.2) is 48.3 Å². The molecule has 132 valence electrons. The van der Waals surface area contributed by atoms with Gasteiger partial charge < -0.3 is 15.0 Å². The number of carbonyl (C=O) groups excluding carboxylic acids is 1. The molecule has 1 fully saturated rings. The fourth-order valence-corrected chi connectivity index (χ4v) is 3.10. The van der Waals surface area contributed by atoms with E-state index in [0.29, 0.717) is 26.2 Å². The number of hydrogen-bond acceptors (Lipinski definition) is 3. The Morgan fingerprint density at radius 3 is 2.96 bits per heavy atom. The average Bonchev–Trinajstić information content (AvgIpc) is 2.64. The molecule has 3 rings (SSSR count). The minimum absolute atomic E-state index is 0.00642. The van der Waals surface area contributed by atoms with Gasteiger partial charge in [-0.1, -0.05) is 30.3 Å². The standard InChI is InChI=1S/C20H25N3O2/c1-16-14-21-9-7-18(16)8-10-22-20(24)23-11-12-25-19(15-23)13-17-5-3-2-4-6-17/h2-7,9,14,19H,8,10-13,15H2,1H3,(H,22,24)/t19-/m0/s1. The minimum Gasteiger partial charge on any atom is -0.374 e. The summed E-state index contributed by atoms with van der Waals surface area (Å²) in [4.78, 5) is 18.4. The van der Waals surface area contributed by atoms with Crippen molar-refractivity contribution in [1.82, 2.24) is 15.2 Å². The van der Waals surface area contributed by atoms with Crippen LogP contribution >= 0.6 is 0 Å². The van der Waals surface area contributed by atoms with Crippen molar-refractivity contribution in [2.24, 2.45) is 0 Å². The summed E-state index contributed by atoms with van der Waals surface area (Å²) in [5, 5.41) is 3.02. The van der Waals surface area contributed by atoms with E-state index >= 15 is 0 Å². The van der Waals surface area contributed by atoms with E-state index in [2.05, 4.69) is 22.4 Å². The second-order valence-electron chi connectivity index (χ2n) is 6.41. The molecule has 0 radical (unpaired) electrons. The average molecular weight is 339 g/mol. The van der Waals surface area contributed by atoms with E-state index in [1.807, 2.05) is 42.3 Å². The lowest BCUT2D eigenvalue weighted by Gasteiger charge is -2.33. The molecular formula is C20H25N3O2. The van der Waals surface area contributed by atoms with Crippen LogP contribution in [0.2, 0.25) is 0 Å². The summed E-state index contributed by atoms with van der Waals surface area (Å²) >= 11 is 0. The van der Waals surface area contributed by atoms with Crippen molar-refractivity contribution in [3.05, 3.63) is 65.5 Å². The minimum atomic E-state index is -0.00642. The maximum absolute atomic E-state index is 12.4. The number of benzene rings is 1. The molecule has 5 heteroatoms. The number of morpholine rings is 1. The van der Waals surface area contributed by atoms with Gasteiger partial charge in [-0.15, -0.1) is 0 Å². The first kappa shape index (κ1) is 17.4. The highest BCUT2D eigenvalue weighted by atomic mass is 16.5. The molecule has 1 aromatic carbocycles. The highest BCUT2D eigenvalue weighted by Gasteiger charge is 2.24. The highest BCUT2D eigenvalue weighted by molar-refractivity contribution is 5.74. The molecule has 0 bridgehead atoms. The molecule has 2 heterocycles. The maximum Gasteiger partial charge on any atom is 0.317 e. The Bertz CT molecular complexity index is 690. The lowest BCUT2D eigenvalue weighted by atomic mass is 10.1. The number of rotatable bonds is 5. The lowest BCUT2D eigenvalue weighted by molar-refractivity contribution is -0.0132. The van der Waals surface area contributed by atoms with E-state index in [0.717, 1.165) is 18.4 Å². The Morgan fingerprint density at radius 2 is 2.16 bits per heavy atom. The molecule has 1 aromatic heterocycles. The normalized spacial score (nSPS) is 17.3. The first-order chi connectivity index (χ1) is 12.2. The van der Waals surface area contributed by atoms with Gasteiger partial charge in [0.15, 0.2) is 0 Å². The molecule has 5 nitrogen and oxygen atoms in total. The van der Waals surface area contributed by atoms with E-state index in [-0.39, 0.29) is 12.1 Å². The monoisotopic (exact) mass is 339 g/mol. The second kappa shape index (κ2) is 8.62. The number of aromatic nitrogens is 1. The van der Waals surface area contributed by atoms with Crippen molar-refractivity contribution in [3.63, 3.8) is 0 Å². The topological polar surface area (TPSA) is 54.5 Å². The van der Waals surface area contributed by atoms with Crippen LogP contribution < -0.4 is 5.32 Å². The summed E-state index contributed by atoms with van der Waals surface area (Å²) < 4.78 is 5.82. The van der Waals surface area contributed by atoms with Gasteiger partial charge >= 0.3 is 6.03 Å². The quantitative estimate of drug-likeness (QED) is 0.911. The number of carbonyl (C=O) groups is 1. The van der Waals surface area contributed by atoms with Crippen LogP contribution in [0.25, 0.3) is 0 Å². The van der Waals surface area contributed by atoms with Crippen LogP contribution in [0.3, 0.4) is 0 Å². The fourth-order valence-electron chi connectivity index (χ4n) is 3.10. The largest absolute Gasteiger partial charge is 0.374 e. The van der Waals surface area contributed by atoms with E-state index in [9.17, 15) is 4.79 Å². The molecule has 1 saturated heterocycles. The Kier molecular flexibility index (Phi) is 6.01. The van der Waals surface area contributed by atoms with Crippen LogP contribution in [0, 0.1) is 6.92 Å². The van der Waals surface area contributed by atoms with Gasteiger partial charge in [0.1, 0.15) is 0 Å². The van der Waals surface area contributed by atoms with E-state index < -0.39 is 0 Å². The van der Waals surface area contributed by atoms with Gasteiger partial charge in [-0.05, 0) is 36.1 Å². The van der Waals surface area contributed by atoms with Crippen molar-refractivity contribution in [2.75, 3.05) is 26.2 Å². The molecular weight excluding hydrogens is 314 g/mol. The van der Waals surface area contributed by atoms with Crippen molar-refractivity contribution < 1.29 is 9.53 Å². The van der Waals surface area contributed by atoms with Gasteiger partial charge in [-0.25, -0.2) is 4.79 Å². The summed E-state index contributed by atoms with van der Waals surface area (Å²) in [5.74, 6) is 0. The third-order valence-corrected chi connectivity index (χ3v) is 4.54. The summed E-state index contributed by atoms with van der Waals surface area (Å²) in [6, 6.07) is 12.3. The molecule has 1 atom stereocenters. The third-order valence-electron chi connectivity index (χ3n) is 4.54. The summed E-state index contributed by atoms with van der Waals surface area (Å²) in [5.41, 5.74) is 3.62. The number of amides is 2. The zero-order valence-electron chi connectivity index (χ0n) is 14.6. The van der Waals surface area contributed by atoms with Crippen molar-refractivity contribution in [2.45, 2.75) is 25.9 Å². The maximum atomic E-state index is 12.4. The van der Waals surface area contributed by atoms with Gasteiger partial charge in [0, 0.05) is 38.4 Å². The van der Waals surface area contributed by atoms with Gasteiger partial charge in [0.25, 0.3) is 0 Å². The van der Waals surface area contributed by atoms with Crippen LogP contribution in [0.5, 0.6) is 0 Å². The molecule has 1 N–H and O–H groups in total. The molecule has 2 amide bonds. The van der Waals surface area contributed by atoms with Crippen molar-refractivity contribution >= 4 is 6.03 Å². The van der Waals surface area contributed by atoms with Gasteiger partial charge in [-0.2, -0.15) is 0 Å². The number of urea groups is 1. The van der Waals surface area contributed by atoms with Crippen LogP contribution in [-0.2, 0) is 17.6 Å². The van der Waals surface area contributed by atoms with Gasteiger partial charge in [-0.3, -0.25) is 4.98 Å². The smallest absolute Gasteiger partial charge is 0.317 e. The highest BCUT2D eigenvalue weighted by Crippen LogP contribution is 2.12. The predicted octanol–water partition coefficient (Wildman–Crippen LogP) is 2.59.